The number of hydrogen-bond acceptors (Lipinski definition) is 6. The molecule has 0 saturated carbocycles. The fourth-order valence-electron chi connectivity index (χ4n) is 4.09. The van der Waals surface area contributed by atoms with E-state index in [1.807, 2.05) is 66.3 Å². The summed E-state index contributed by atoms with van der Waals surface area (Å²) < 4.78 is 1.93. The smallest absolute Gasteiger partial charge is 0.270 e. The molecule has 0 fully saturated rings. The first-order valence-electron chi connectivity index (χ1n) is 10.9. The summed E-state index contributed by atoms with van der Waals surface area (Å²) in [6, 6.07) is 19.6. The molecule has 0 saturated heterocycles. The number of rotatable bonds is 6. The molecule has 9 heteroatoms. The summed E-state index contributed by atoms with van der Waals surface area (Å²) in [5, 5.41) is 17.6. The highest BCUT2D eigenvalue weighted by Crippen LogP contribution is 2.39. The molecule has 174 valence electrons. The Kier molecular flexibility index (Phi) is 5.60. The minimum Gasteiger partial charge on any atom is -0.354 e. The molecule has 2 heterocycles. The SMILES string of the molecule is Cn1ccnc1-c1ccc(NC(=C2C(=O)Nc3ccc([N+](=O)[O-])cc32)c2ccc(CN)cc2)cc1. The molecule has 0 unspecified atom stereocenters. The Balaban J connectivity index is 1.62. The highest BCUT2D eigenvalue weighted by molar-refractivity contribution is 6.37. The second-order valence-electron chi connectivity index (χ2n) is 8.16. The van der Waals surface area contributed by atoms with Crippen LogP contribution in [0.3, 0.4) is 0 Å². The molecule has 0 spiro atoms. The number of imidazole rings is 1. The molecule has 1 amide bonds. The zero-order valence-corrected chi connectivity index (χ0v) is 18.9. The molecule has 1 aliphatic heterocycles. The van der Waals surface area contributed by atoms with Crippen molar-refractivity contribution in [3.8, 4) is 11.4 Å². The van der Waals surface area contributed by atoms with Crippen molar-refractivity contribution in [2.75, 3.05) is 10.6 Å². The minimum absolute atomic E-state index is 0.0880. The lowest BCUT2D eigenvalue weighted by Gasteiger charge is -2.15. The van der Waals surface area contributed by atoms with Crippen LogP contribution in [0.2, 0.25) is 0 Å². The maximum atomic E-state index is 13.1. The van der Waals surface area contributed by atoms with Crippen LogP contribution in [0.4, 0.5) is 17.1 Å². The third-order valence-corrected chi connectivity index (χ3v) is 5.92. The number of anilines is 2. The molecule has 0 aliphatic carbocycles. The van der Waals surface area contributed by atoms with Crippen molar-refractivity contribution in [3.05, 3.63) is 106 Å². The van der Waals surface area contributed by atoms with E-state index in [0.717, 1.165) is 28.2 Å². The third-order valence-electron chi connectivity index (χ3n) is 5.92. The van der Waals surface area contributed by atoms with E-state index in [-0.39, 0.29) is 11.6 Å². The number of non-ortho nitro benzene ring substituents is 1. The predicted octanol–water partition coefficient (Wildman–Crippen LogP) is 4.39. The summed E-state index contributed by atoms with van der Waals surface area (Å²) >= 11 is 0. The minimum atomic E-state index is -0.472. The van der Waals surface area contributed by atoms with Gasteiger partial charge in [-0.25, -0.2) is 4.98 Å². The van der Waals surface area contributed by atoms with Gasteiger partial charge in [0.1, 0.15) is 5.82 Å². The van der Waals surface area contributed by atoms with E-state index >= 15 is 0 Å². The average Bonchev–Trinajstić information content (AvgIpc) is 3.44. The van der Waals surface area contributed by atoms with E-state index in [9.17, 15) is 14.9 Å². The van der Waals surface area contributed by atoms with Crippen LogP contribution in [0.5, 0.6) is 0 Å². The summed E-state index contributed by atoms with van der Waals surface area (Å²) in [4.78, 5) is 28.4. The molecule has 0 radical (unpaired) electrons. The topological polar surface area (TPSA) is 128 Å². The Hall–Kier alpha value is -4.76. The van der Waals surface area contributed by atoms with Gasteiger partial charge in [-0.2, -0.15) is 0 Å². The quantitative estimate of drug-likeness (QED) is 0.220. The second-order valence-corrected chi connectivity index (χ2v) is 8.16. The van der Waals surface area contributed by atoms with Gasteiger partial charge in [-0.15, -0.1) is 0 Å². The van der Waals surface area contributed by atoms with Gasteiger partial charge in [0.05, 0.1) is 16.2 Å². The number of nitrogens with zero attached hydrogens (tertiary/aromatic N) is 3. The van der Waals surface area contributed by atoms with Crippen molar-refractivity contribution in [1.82, 2.24) is 9.55 Å². The fourth-order valence-corrected chi connectivity index (χ4v) is 4.09. The Morgan fingerprint density at radius 1 is 1.11 bits per heavy atom. The molecule has 9 nitrogen and oxygen atoms in total. The van der Waals surface area contributed by atoms with Crippen LogP contribution in [0.25, 0.3) is 22.7 Å². The van der Waals surface area contributed by atoms with Crippen molar-refractivity contribution < 1.29 is 9.72 Å². The highest BCUT2D eigenvalue weighted by Gasteiger charge is 2.30. The van der Waals surface area contributed by atoms with Crippen LogP contribution in [-0.4, -0.2) is 20.4 Å². The first-order chi connectivity index (χ1) is 16.9. The Morgan fingerprint density at radius 3 is 2.49 bits per heavy atom. The van der Waals surface area contributed by atoms with Crippen LogP contribution >= 0.6 is 0 Å². The summed E-state index contributed by atoms with van der Waals surface area (Å²) in [5.41, 5.74) is 10.9. The maximum absolute atomic E-state index is 13.1. The van der Waals surface area contributed by atoms with Gasteiger partial charge in [0, 0.05) is 60.6 Å². The molecule has 3 aromatic carbocycles. The second kappa shape index (κ2) is 8.88. The summed E-state index contributed by atoms with van der Waals surface area (Å²) in [6.07, 6.45) is 3.62. The van der Waals surface area contributed by atoms with Crippen LogP contribution in [0, 0.1) is 10.1 Å². The lowest BCUT2D eigenvalue weighted by Crippen LogP contribution is -2.10. The lowest BCUT2D eigenvalue weighted by molar-refractivity contribution is -0.384. The normalized spacial score (nSPS) is 13.8. The number of carbonyl (C=O) groups is 1. The monoisotopic (exact) mass is 466 g/mol. The van der Waals surface area contributed by atoms with Crippen LogP contribution in [-0.2, 0) is 18.4 Å². The first kappa shape index (κ1) is 22.1. The Labute approximate surface area is 201 Å². The third kappa shape index (κ3) is 4.16. The number of benzene rings is 3. The molecule has 0 atom stereocenters. The number of hydrogen-bond donors (Lipinski definition) is 3. The number of carbonyl (C=O) groups excluding carboxylic acids is 1. The molecule has 0 bridgehead atoms. The van der Waals surface area contributed by atoms with Gasteiger partial charge < -0.3 is 20.9 Å². The van der Waals surface area contributed by atoms with Gasteiger partial charge in [0.15, 0.2) is 0 Å². The summed E-state index contributed by atoms with van der Waals surface area (Å²) in [6.45, 7) is 0.393. The summed E-state index contributed by atoms with van der Waals surface area (Å²) in [7, 11) is 1.93. The van der Waals surface area contributed by atoms with Gasteiger partial charge in [0.2, 0.25) is 0 Å². The standard InChI is InChI=1S/C26H22N6O3/c1-31-13-12-28-25(31)18-6-8-19(9-7-18)29-24(17-4-2-16(15-27)3-5-17)23-21-14-20(32(34)35)10-11-22(21)30-26(23)33/h2-14,29H,15,27H2,1H3,(H,30,33). The Bertz CT molecular complexity index is 1470. The molecule has 4 aromatic rings. The molecule has 35 heavy (non-hydrogen) atoms. The van der Waals surface area contributed by atoms with Gasteiger partial charge in [-0.05, 0) is 41.5 Å². The zero-order valence-electron chi connectivity index (χ0n) is 18.9. The van der Waals surface area contributed by atoms with Crippen LogP contribution in [0.15, 0.2) is 79.1 Å². The number of nitro benzene ring substituents is 1. The molecule has 5 rings (SSSR count). The molecule has 1 aromatic heterocycles. The van der Waals surface area contributed by atoms with Crippen molar-refractivity contribution in [3.63, 3.8) is 0 Å². The number of amides is 1. The number of nitrogens with two attached hydrogens (primary N) is 1. The highest BCUT2D eigenvalue weighted by atomic mass is 16.6. The number of aromatic nitrogens is 2. The maximum Gasteiger partial charge on any atom is 0.270 e. The van der Waals surface area contributed by atoms with E-state index in [1.165, 1.54) is 12.1 Å². The van der Waals surface area contributed by atoms with Gasteiger partial charge in [-0.3, -0.25) is 14.9 Å². The van der Waals surface area contributed by atoms with Crippen LogP contribution < -0.4 is 16.4 Å². The Morgan fingerprint density at radius 2 is 1.86 bits per heavy atom. The van der Waals surface area contributed by atoms with Crippen molar-refractivity contribution in [1.29, 1.82) is 0 Å². The van der Waals surface area contributed by atoms with E-state index in [0.29, 0.717) is 29.1 Å². The van der Waals surface area contributed by atoms with Gasteiger partial charge in [0.25, 0.3) is 11.6 Å². The van der Waals surface area contributed by atoms with E-state index in [1.54, 1.807) is 12.3 Å². The zero-order chi connectivity index (χ0) is 24.5. The van der Waals surface area contributed by atoms with Gasteiger partial charge >= 0.3 is 0 Å². The molecule has 4 N–H and O–H groups in total. The number of nitro groups is 1. The van der Waals surface area contributed by atoms with Gasteiger partial charge in [-0.1, -0.05) is 24.3 Å². The molecular weight excluding hydrogens is 444 g/mol. The van der Waals surface area contributed by atoms with Crippen LogP contribution in [0.1, 0.15) is 16.7 Å². The van der Waals surface area contributed by atoms with Crippen molar-refractivity contribution in [2.45, 2.75) is 6.54 Å². The summed E-state index contributed by atoms with van der Waals surface area (Å²) in [5.74, 6) is 0.499. The molecule has 1 aliphatic rings. The fraction of sp³-hybridized carbons (Fsp3) is 0.0769. The largest absolute Gasteiger partial charge is 0.354 e. The van der Waals surface area contributed by atoms with Crippen molar-refractivity contribution in [2.24, 2.45) is 12.8 Å². The van der Waals surface area contributed by atoms with E-state index in [4.69, 9.17) is 5.73 Å². The number of nitrogens with one attached hydrogen (secondary N) is 2. The van der Waals surface area contributed by atoms with E-state index in [2.05, 4.69) is 15.6 Å². The lowest BCUT2D eigenvalue weighted by atomic mass is 9.98. The van der Waals surface area contributed by atoms with E-state index < -0.39 is 4.92 Å². The predicted molar refractivity (Wildman–Crippen MR) is 135 cm³/mol. The number of aryl methyl sites for hydroxylation is 1. The number of fused-ring (bicyclic) bond motifs is 1. The van der Waals surface area contributed by atoms with Crippen molar-refractivity contribution >= 4 is 34.2 Å². The molecular formula is C26H22N6O3. The first-order valence-corrected chi connectivity index (χ1v) is 10.9. The average molecular weight is 467 g/mol.